The van der Waals surface area contributed by atoms with Crippen molar-refractivity contribution in [1.82, 2.24) is 0 Å². The maximum Gasteiger partial charge on any atom is 0.143 e. The normalized spacial score (nSPS) is 11.0. The summed E-state index contributed by atoms with van der Waals surface area (Å²) in [6, 6.07) is 21.9. The average Bonchev–Trinajstić information content (AvgIpc) is 2.96. The average molecular weight is 302 g/mol. The first kappa shape index (κ1) is 13.5. The summed E-state index contributed by atoms with van der Waals surface area (Å²) >= 11 is 0. The van der Waals surface area contributed by atoms with Crippen LogP contribution in [0.1, 0.15) is 0 Å². The van der Waals surface area contributed by atoms with Crippen LogP contribution in [0.4, 0.5) is 0 Å². The molecule has 2 N–H and O–H groups in total. The van der Waals surface area contributed by atoms with Gasteiger partial charge in [-0.1, -0.05) is 30.3 Å². The van der Waals surface area contributed by atoms with Gasteiger partial charge in [-0.15, -0.1) is 0 Å². The van der Waals surface area contributed by atoms with Crippen molar-refractivity contribution in [3.05, 3.63) is 72.8 Å². The van der Waals surface area contributed by atoms with Crippen LogP contribution in [0.5, 0.6) is 11.5 Å². The van der Waals surface area contributed by atoms with Crippen molar-refractivity contribution in [2.24, 2.45) is 0 Å². The van der Waals surface area contributed by atoms with Crippen LogP contribution >= 0.6 is 0 Å². The fourth-order valence-corrected chi connectivity index (χ4v) is 2.78. The van der Waals surface area contributed by atoms with Gasteiger partial charge in [-0.25, -0.2) is 0 Å². The Bertz CT molecular complexity index is 964. The van der Waals surface area contributed by atoms with Gasteiger partial charge >= 0.3 is 0 Å². The molecule has 0 unspecified atom stereocenters. The molecule has 0 saturated carbocycles. The second-order valence-corrected chi connectivity index (χ2v) is 5.40. The molecule has 3 nitrogen and oxygen atoms in total. The topological polar surface area (TPSA) is 53.6 Å². The van der Waals surface area contributed by atoms with E-state index < -0.39 is 0 Å². The van der Waals surface area contributed by atoms with Crippen LogP contribution < -0.4 is 0 Å². The van der Waals surface area contributed by atoms with Gasteiger partial charge in [0.25, 0.3) is 0 Å². The number of fused-ring (bicyclic) bond motifs is 1. The summed E-state index contributed by atoms with van der Waals surface area (Å²) in [7, 11) is 0. The number of phenolic OH excluding ortho intramolecular Hbond substituents is 2. The number of aromatic hydroxyl groups is 2. The van der Waals surface area contributed by atoms with Gasteiger partial charge in [0.1, 0.15) is 22.8 Å². The highest BCUT2D eigenvalue weighted by molar-refractivity contribution is 6.01. The van der Waals surface area contributed by atoms with Crippen molar-refractivity contribution in [2.75, 3.05) is 0 Å². The molecule has 0 atom stereocenters. The molecule has 1 heterocycles. The van der Waals surface area contributed by atoms with E-state index in [1.54, 1.807) is 24.3 Å². The van der Waals surface area contributed by atoms with Gasteiger partial charge in [0.05, 0.1) is 0 Å². The van der Waals surface area contributed by atoms with Crippen LogP contribution in [0.25, 0.3) is 33.4 Å². The minimum atomic E-state index is 0.219. The van der Waals surface area contributed by atoms with Gasteiger partial charge in [0, 0.05) is 16.5 Å². The van der Waals surface area contributed by atoms with Crippen LogP contribution in [-0.4, -0.2) is 10.2 Å². The molecule has 0 spiro atoms. The molecule has 0 aliphatic carbocycles. The van der Waals surface area contributed by atoms with Crippen LogP contribution in [0.15, 0.2) is 77.2 Å². The van der Waals surface area contributed by atoms with Gasteiger partial charge < -0.3 is 14.6 Å². The number of benzene rings is 3. The quantitative estimate of drug-likeness (QED) is 0.536. The van der Waals surface area contributed by atoms with E-state index in [1.165, 1.54) is 0 Å². The summed E-state index contributed by atoms with van der Waals surface area (Å²) in [5.74, 6) is 1.20. The molecule has 3 aromatic carbocycles. The van der Waals surface area contributed by atoms with Gasteiger partial charge in [-0.3, -0.25) is 0 Å². The predicted octanol–water partition coefficient (Wildman–Crippen LogP) is 5.18. The van der Waals surface area contributed by atoms with E-state index in [-0.39, 0.29) is 11.5 Å². The molecule has 0 aliphatic rings. The van der Waals surface area contributed by atoms with E-state index in [0.717, 1.165) is 33.4 Å². The molecule has 0 bridgehead atoms. The van der Waals surface area contributed by atoms with Crippen molar-refractivity contribution < 1.29 is 14.6 Å². The summed E-state index contributed by atoms with van der Waals surface area (Å²) in [4.78, 5) is 0. The lowest BCUT2D eigenvalue weighted by Gasteiger charge is -2.04. The SMILES string of the molecule is Oc1ccc(-c2oc3ccccc3c2-c2ccc(O)cc2)cc1. The van der Waals surface area contributed by atoms with Crippen molar-refractivity contribution in [1.29, 1.82) is 0 Å². The van der Waals surface area contributed by atoms with Gasteiger partial charge in [-0.05, 0) is 48.0 Å². The Morgan fingerprint density at radius 1 is 0.609 bits per heavy atom. The standard InChI is InChI=1S/C20H14O3/c21-15-9-5-13(6-10-15)19-17-3-1-2-4-18(17)23-20(19)14-7-11-16(22)12-8-14/h1-12,21-22H. The maximum atomic E-state index is 9.53. The number of furan rings is 1. The Balaban J connectivity index is 2.01. The highest BCUT2D eigenvalue weighted by Gasteiger charge is 2.17. The number of hydrogen-bond acceptors (Lipinski definition) is 3. The van der Waals surface area contributed by atoms with Crippen LogP contribution in [-0.2, 0) is 0 Å². The molecule has 0 fully saturated rings. The Morgan fingerprint density at radius 2 is 1.17 bits per heavy atom. The minimum Gasteiger partial charge on any atom is -0.508 e. The van der Waals surface area contributed by atoms with E-state index >= 15 is 0 Å². The molecule has 4 rings (SSSR count). The third-order valence-electron chi connectivity index (χ3n) is 3.88. The second kappa shape index (κ2) is 5.21. The molecule has 23 heavy (non-hydrogen) atoms. The highest BCUT2D eigenvalue weighted by Crippen LogP contribution is 2.41. The van der Waals surface area contributed by atoms with E-state index in [0.29, 0.717) is 0 Å². The second-order valence-electron chi connectivity index (χ2n) is 5.40. The molecule has 0 radical (unpaired) electrons. The lowest BCUT2D eigenvalue weighted by Crippen LogP contribution is -1.81. The zero-order valence-electron chi connectivity index (χ0n) is 12.2. The Kier molecular flexibility index (Phi) is 3.05. The first-order valence-electron chi connectivity index (χ1n) is 7.33. The largest absolute Gasteiger partial charge is 0.508 e. The van der Waals surface area contributed by atoms with E-state index in [4.69, 9.17) is 4.42 Å². The van der Waals surface area contributed by atoms with Gasteiger partial charge in [-0.2, -0.15) is 0 Å². The lowest BCUT2D eigenvalue weighted by atomic mass is 9.98. The molecule has 112 valence electrons. The molecule has 0 amide bonds. The van der Waals surface area contributed by atoms with Gasteiger partial charge in [0.15, 0.2) is 0 Å². The van der Waals surface area contributed by atoms with Gasteiger partial charge in [0.2, 0.25) is 0 Å². The maximum absolute atomic E-state index is 9.53. The highest BCUT2D eigenvalue weighted by atomic mass is 16.3. The zero-order valence-corrected chi connectivity index (χ0v) is 12.2. The molecule has 0 saturated heterocycles. The van der Waals surface area contributed by atoms with E-state index in [2.05, 4.69) is 0 Å². The summed E-state index contributed by atoms with van der Waals surface area (Å²) in [6.45, 7) is 0. The zero-order chi connectivity index (χ0) is 15.8. The molecular formula is C20H14O3. The van der Waals surface area contributed by atoms with E-state index in [9.17, 15) is 10.2 Å². The monoisotopic (exact) mass is 302 g/mol. The third kappa shape index (κ3) is 2.32. The first-order valence-corrected chi connectivity index (χ1v) is 7.33. The summed E-state index contributed by atoms with van der Waals surface area (Å²) in [6.07, 6.45) is 0. The van der Waals surface area contributed by atoms with E-state index in [1.807, 2.05) is 48.5 Å². The molecule has 1 aromatic heterocycles. The smallest absolute Gasteiger partial charge is 0.143 e. The first-order chi connectivity index (χ1) is 11.2. The molecule has 0 aliphatic heterocycles. The number of phenols is 2. The predicted molar refractivity (Wildman–Crippen MR) is 90.4 cm³/mol. The fourth-order valence-electron chi connectivity index (χ4n) is 2.78. The Hall–Kier alpha value is -3.20. The molecule has 4 aromatic rings. The fraction of sp³-hybridized carbons (Fsp3) is 0. The Labute approximate surface area is 133 Å². The van der Waals surface area contributed by atoms with Crippen LogP contribution in [0, 0.1) is 0 Å². The van der Waals surface area contributed by atoms with Crippen molar-refractivity contribution in [3.63, 3.8) is 0 Å². The number of para-hydroxylation sites is 1. The minimum absolute atomic E-state index is 0.219. The number of hydrogen-bond donors (Lipinski definition) is 2. The summed E-state index contributed by atoms with van der Waals surface area (Å²) in [5, 5.41) is 20.1. The third-order valence-corrected chi connectivity index (χ3v) is 3.88. The summed E-state index contributed by atoms with van der Waals surface area (Å²) in [5.41, 5.74) is 3.64. The molecular weight excluding hydrogens is 288 g/mol. The summed E-state index contributed by atoms with van der Waals surface area (Å²) < 4.78 is 6.07. The number of rotatable bonds is 2. The van der Waals surface area contributed by atoms with Crippen LogP contribution in [0.3, 0.4) is 0 Å². The van der Waals surface area contributed by atoms with Crippen LogP contribution in [0.2, 0.25) is 0 Å². The van der Waals surface area contributed by atoms with Crippen molar-refractivity contribution >= 4 is 11.0 Å². The lowest BCUT2D eigenvalue weighted by molar-refractivity contribution is 0.475. The Morgan fingerprint density at radius 3 is 1.83 bits per heavy atom. The molecule has 3 heteroatoms. The van der Waals surface area contributed by atoms with Crippen molar-refractivity contribution in [3.8, 4) is 33.9 Å². The van der Waals surface area contributed by atoms with Crippen molar-refractivity contribution in [2.45, 2.75) is 0 Å².